The average Bonchev–Trinajstić information content (AvgIpc) is 2.79. The van der Waals surface area contributed by atoms with E-state index in [0.717, 1.165) is 24.8 Å². The molecule has 1 heterocycles. The van der Waals surface area contributed by atoms with Crippen LogP contribution in [0.3, 0.4) is 0 Å². The van der Waals surface area contributed by atoms with E-state index in [9.17, 15) is 9.59 Å². The second kappa shape index (κ2) is 5.31. The lowest BCUT2D eigenvalue weighted by Gasteiger charge is -2.12. The van der Waals surface area contributed by atoms with Gasteiger partial charge in [-0.3, -0.25) is 9.59 Å². The molecule has 1 aromatic heterocycles. The van der Waals surface area contributed by atoms with Crippen LogP contribution in [0, 0.1) is 0 Å². The number of hydrogen-bond acceptors (Lipinski definition) is 3. The third kappa shape index (κ3) is 2.66. The van der Waals surface area contributed by atoms with Crippen molar-refractivity contribution in [3.63, 3.8) is 0 Å². The molecule has 0 atom stereocenters. The van der Waals surface area contributed by atoms with E-state index in [1.165, 1.54) is 16.9 Å². The Bertz CT molecular complexity index is 440. The molecule has 0 fully saturated rings. The zero-order valence-electron chi connectivity index (χ0n) is 9.84. The predicted octanol–water partition coefficient (Wildman–Crippen LogP) is 1.10. The van der Waals surface area contributed by atoms with Gasteiger partial charge < -0.3 is 10.6 Å². The molecule has 0 saturated carbocycles. The van der Waals surface area contributed by atoms with Crippen molar-refractivity contribution in [2.24, 2.45) is 0 Å². The Labute approximate surface area is 104 Å². The van der Waals surface area contributed by atoms with Crippen LogP contribution < -0.4 is 10.6 Å². The average molecular weight is 252 g/mol. The van der Waals surface area contributed by atoms with Gasteiger partial charge in [0.2, 0.25) is 5.91 Å². The van der Waals surface area contributed by atoms with Gasteiger partial charge in [-0.25, -0.2) is 0 Å². The molecule has 0 bridgehead atoms. The van der Waals surface area contributed by atoms with Crippen molar-refractivity contribution in [1.82, 2.24) is 10.6 Å². The highest BCUT2D eigenvalue weighted by atomic mass is 32.1. The van der Waals surface area contributed by atoms with Crippen LogP contribution in [-0.4, -0.2) is 25.4 Å². The molecule has 0 saturated heterocycles. The molecule has 0 unspecified atom stereocenters. The number of fused-ring (bicyclic) bond motifs is 1. The lowest BCUT2D eigenvalue weighted by atomic mass is 9.96. The minimum atomic E-state index is -0.178. The summed E-state index contributed by atoms with van der Waals surface area (Å²) < 4.78 is 0. The molecular formula is C12H16N2O2S. The van der Waals surface area contributed by atoms with Gasteiger partial charge in [0.05, 0.1) is 12.1 Å². The van der Waals surface area contributed by atoms with Gasteiger partial charge in [-0.2, -0.15) is 0 Å². The van der Waals surface area contributed by atoms with Crippen LogP contribution >= 0.6 is 11.3 Å². The predicted molar refractivity (Wildman–Crippen MR) is 67.4 cm³/mol. The lowest BCUT2D eigenvalue weighted by molar-refractivity contribution is -0.119. The number of amides is 2. The van der Waals surface area contributed by atoms with Gasteiger partial charge in [0, 0.05) is 17.3 Å². The van der Waals surface area contributed by atoms with Crippen LogP contribution in [0.15, 0.2) is 5.38 Å². The molecule has 1 aliphatic rings. The fraction of sp³-hybridized carbons (Fsp3) is 0.500. The van der Waals surface area contributed by atoms with Gasteiger partial charge in [-0.1, -0.05) is 0 Å². The highest BCUT2D eigenvalue weighted by Gasteiger charge is 2.20. The number of thiophene rings is 1. The smallest absolute Gasteiger partial charge is 0.252 e. The molecule has 0 aromatic carbocycles. The van der Waals surface area contributed by atoms with E-state index in [1.807, 2.05) is 5.38 Å². The van der Waals surface area contributed by atoms with Gasteiger partial charge >= 0.3 is 0 Å². The number of likely N-dealkylation sites (N-methyl/N-ethyl adjacent to an activating group) is 1. The minimum Gasteiger partial charge on any atom is -0.358 e. The molecule has 0 radical (unpaired) electrons. The van der Waals surface area contributed by atoms with Crippen LogP contribution in [0.5, 0.6) is 0 Å². The summed E-state index contributed by atoms with van der Waals surface area (Å²) >= 11 is 1.66. The van der Waals surface area contributed by atoms with Gasteiger partial charge in [0.15, 0.2) is 0 Å². The Morgan fingerprint density at radius 3 is 2.88 bits per heavy atom. The Kier molecular flexibility index (Phi) is 3.78. The van der Waals surface area contributed by atoms with Crippen molar-refractivity contribution in [2.75, 3.05) is 13.6 Å². The standard InChI is InChI=1S/C12H16N2O2S/c1-13-11(15)6-14-12(16)9-7-17-10-5-3-2-4-8(9)10/h7H,2-6H2,1H3,(H,13,15)(H,14,16). The Morgan fingerprint density at radius 2 is 2.12 bits per heavy atom. The zero-order valence-corrected chi connectivity index (χ0v) is 10.7. The quantitative estimate of drug-likeness (QED) is 0.846. The first-order valence-electron chi connectivity index (χ1n) is 5.80. The maximum absolute atomic E-state index is 11.9. The molecule has 2 amide bonds. The number of hydrogen-bond donors (Lipinski definition) is 2. The van der Waals surface area contributed by atoms with Crippen LogP contribution in [0.2, 0.25) is 0 Å². The number of carbonyl (C=O) groups excluding carboxylic acids is 2. The first kappa shape index (κ1) is 12.1. The van der Waals surface area contributed by atoms with E-state index in [-0.39, 0.29) is 18.4 Å². The second-order valence-corrected chi connectivity index (χ2v) is 5.08. The van der Waals surface area contributed by atoms with Crippen LogP contribution in [0.1, 0.15) is 33.6 Å². The highest BCUT2D eigenvalue weighted by molar-refractivity contribution is 7.10. The van der Waals surface area contributed by atoms with Crippen molar-refractivity contribution < 1.29 is 9.59 Å². The van der Waals surface area contributed by atoms with E-state index in [1.54, 1.807) is 18.4 Å². The van der Waals surface area contributed by atoms with E-state index in [4.69, 9.17) is 0 Å². The summed E-state index contributed by atoms with van der Waals surface area (Å²) in [7, 11) is 1.56. The van der Waals surface area contributed by atoms with E-state index >= 15 is 0 Å². The highest BCUT2D eigenvalue weighted by Crippen LogP contribution is 2.29. The molecule has 2 N–H and O–H groups in total. The third-order valence-electron chi connectivity index (χ3n) is 2.99. The SMILES string of the molecule is CNC(=O)CNC(=O)c1csc2c1CCCC2. The topological polar surface area (TPSA) is 58.2 Å². The molecule has 1 aromatic rings. The molecule has 2 rings (SSSR count). The molecule has 1 aliphatic carbocycles. The van der Waals surface area contributed by atoms with Gasteiger partial charge in [0.25, 0.3) is 5.91 Å². The van der Waals surface area contributed by atoms with Crippen molar-refractivity contribution in [2.45, 2.75) is 25.7 Å². The van der Waals surface area contributed by atoms with Crippen molar-refractivity contribution in [3.05, 3.63) is 21.4 Å². The number of carbonyl (C=O) groups is 2. The summed E-state index contributed by atoms with van der Waals surface area (Å²) in [6, 6.07) is 0. The van der Waals surface area contributed by atoms with Gasteiger partial charge in [0.1, 0.15) is 0 Å². The first-order chi connectivity index (χ1) is 8.22. The molecule has 0 aliphatic heterocycles. The molecule has 17 heavy (non-hydrogen) atoms. The summed E-state index contributed by atoms with van der Waals surface area (Å²) in [5, 5.41) is 7.03. The van der Waals surface area contributed by atoms with E-state index in [2.05, 4.69) is 10.6 Å². The first-order valence-corrected chi connectivity index (χ1v) is 6.68. The number of rotatable bonds is 3. The lowest BCUT2D eigenvalue weighted by Crippen LogP contribution is -2.35. The minimum absolute atomic E-state index is 0.0416. The molecule has 5 heteroatoms. The normalized spacial score (nSPS) is 13.9. The summed E-state index contributed by atoms with van der Waals surface area (Å²) in [5.74, 6) is -0.310. The zero-order chi connectivity index (χ0) is 12.3. The van der Waals surface area contributed by atoms with Crippen LogP contribution in [-0.2, 0) is 17.6 Å². The Balaban J connectivity index is 2.04. The Morgan fingerprint density at radius 1 is 1.35 bits per heavy atom. The molecular weight excluding hydrogens is 236 g/mol. The molecule has 92 valence electrons. The monoisotopic (exact) mass is 252 g/mol. The fourth-order valence-corrected chi connectivity index (χ4v) is 3.15. The summed E-state index contributed by atoms with van der Waals surface area (Å²) in [6.45, 7) is 0.0416. The second-order valence-electron chi connectivity index (χ2n) is 4.11. The summed E-state index contributed by atoms with van der Waals surface area (Å²) in [5.41, 5.74) is 1.95. The van der Waals surface area contributed by atoms with Crippen molar-refractivity contribution in [3.8, 4) is 0 Å². The van der Waals surface area contributed by atoms with Gasteiger partial charge in [-0.05, 0) is 31.2 Å². The van der Waals surface area contributed by atoms with Crippen LogP contribution in [0.4, 0.5) is 0 Å². The van der Waals surface area contributed by atoms with Crippen LogP contribution in [0.25, 0.3) is 0 Å². The number of nitrogens with one attached hydrogen (secondary N) is 2. The van der Waals surface area contributed by atoms with E-state index in [0.29, 0.717) is 0 Å². The Hall–Kier alpha value is -1.36. The van der Waals surface area contributed by atoms with E-state index < -0.39 is 0 Å². The summed E-state index contributed by atoms with van der Waals surface area (Å²) in [6.07, 6.45) is 4.44. The third-order valence-corrected chi connectivity index (χ3v) is 4.08. The summed E-state index contributed by atoms with van der Waals surface area (Å²) in [4.78, 5) is 24.3. The molecule has 4 nitrogen and oxygen atoms in total. The maximum Gasteiger partial charge on any atom is 0.252 e. The largest absolute Gasteiger partial charge is 0.358 e. The van der Waals surface area contributed by atoms with Crippen molar-refractivity contribution in [1.29, 1.82) is 0 Å². The maximum atomic E-state index is 11.9. The fourth-order valence-electron chi connectivity index (χ4n) is 2.03. The number of aryl methyl sites for hydroxylation is 1. The van der Waals surface area contributed by atoms with Crippen molar-refractivity contribution >= 4 is 23.2 Å². The molecule has 0 spiro atoms. The van der Waals surface area contributed by atoms with Gasteiger partial charge in [-0.15, -0.1) is 11.3 Å².